The Morgan fingerprint density at radius 3 is 2.69 bits per heavy atom. The van der Waals surface area contributed by atoms with E-state index in [0.29, 0.717) is 12.3 Å². The fourth-order valence-corrected chi connectivity index (χ4v) is 2.64. The summed E-state index contributed by atoms with van der Waals surface area (Å²) in [5.74, 6) is 0.963. The first kappa shape index (κ1) is 11.9. The Morgan fingerprint density at radius 1 is 1.31 bits per heavy atom. The van der Waals surface area contributed by atoms with Crippen LogP contribution in [0.5, 0.6) is 0 Å². The average molecular weight is 226 g/mol. The third kappa shape index (κ3) is 2.95. The van der Waals surface area contributed by atoms with E-state index < -0.39 is 0 Å². The Balaban J connectivity index is 1.75. The van der Waals surface area contributed by atoms with Crippen LogP contribution in [0.15, 0.2) is 0 Å². The summed E-state index contributed by atoms with van der Waals surface area (Å²) in [5, 5.41) is 15.5. The number of carbonyl (C=O) groups excluding carboxylic acids is 1. The van der Waals surface area contributed by atoms with Crippen molar-refractivity contribution in [3.05, 3.63) is 0 Å². The van der Waals surface area contributed by atoms with E-state index in [4.69, 9.17) is 0 Å². The lowest BCUT2D eigenvalue weighted by molar-refractivity contribution is -0.123. The average Bonchev–Trinajstić information content (AvgIpc) is 2.24. The van der Waals surface area contributed by atoms with Crippen LogP contribution in [0.25, 0.3) is 0 Å². The fourth-order valence-electron chi connectivity index (χ4n) is 2.64. The van der Waals surface area contributed by atoms with E-state index in [1.807, 2.05) is 0 Å². The Kier molecular flexibility index (Phi) is 4.18. The second-order valence-electron chi connectivity index (χ2n) is 5.13. The second-order valence-corrected chi connectivity index (χ2v) is 5.13. The van der Waals surface area contributed by atoms with Gasteiger partial charge in [-0.15, -0.1) is 0 Å². The number of aliphatic hydroxyl groups is 1. The number of amides is 1. The number of rotatable bonds is 4. The summed E-state index contributed by atoms with van der Waals surface area (Å²) >= 11 is 0. The molecule has 0 radical (unpaired) electrons. The van der Waals surface area contributed by atoms with E-state index in [-0.39, 0.29) is 24.5 Å². The lowest BCUT2D eigenvalue weighted by atomic mass is 9.85. The molecule has 0 aromatic rings. The van der Waals surface area contributed by atoms with Crippen LogP contribution in [0.2, 0.25) is 0 Å². The summed E-state index contributed by atoms with van der Waals surface area (Å²) in [6.45, 7) is 2.15. The van der Waals surface area contributed by atoms with Crippen LogP contribution in [0.1, 0.15) is 32.1 Å². The molecule has 2 fully saturated rings. The Labute approximate surface area is 96.8 Å². The van der Waals surface area contributed by atoms with Crippen molar-refractivity contribution >= 4 is 5.91 Å². The topological polar surface area (TPSA) is 61.4 Å². The number of hydrogen-bond acceptors (Lipinski definition) is 3. The molecule has 1 saturated carbocycles. The number of aliphatic hydroxyl groups excluding tert-OH is 1. The van der Waals surface area contributed by atoms with Gasteiger partial charge in [0, 0.05) is 25.0 Å². The first-order valence-electron chi connectivity index (χ1n) is 6.40. The van der Waals surface area contributed by atoms with Gasteiger partial charge < -0.3 is 15.7 Å². The largest absolute Gasteiger partial charge is 0.396 e. The molecule has 4 nitrogen and oxygen atoms in total. The summed E-state index contributed by atoms with van der Waals surface area (Å²) < 4.78 is 0. The van der Waals surface area contributed by atoms with Gasteiger partial charge in [-0.3, -0.25) is 4.79 Å². The molecule has 0 aromatic carbocycles. The van der Waals surface area contributed by atoms with Gasteiger partial charge in [0.15, 0.2) is 0 Å². The molecule has 4 heteroatoms. The lowest BCUT2D eigenvalue weighted by Gasteiger charge is -2.32. The maximum atomic E-state index is 11.8. The van der Waals surface area contributed by atoms with E-state index in [1.165, 1.54) is 12.8 Å². The smallest absolute Gasteiger partial charge is 0.220 e. The molecule has 2 unspecified atom stereocenters. The Bertz CT molecular complexity index is 241. The van der Waals surface area contributed by atoms with E-state index in [1.54, 1.807) is 0 Å². The van der Waals surface area contributed by atoms with Gasteiger partial charge in [-0.1, -0.05) is 12.8 Å². The quantitative estimate of drug-likeness (QED) is 0.644. The van der Waals surface area contributed by atoms with Gasteiger partial charge in [-0.25, -0.2) is 0 Å². The van der Waals surface area contributed by atoms with E-state index in [9.17, 15) is 9.90 Å². The first-order valence-corrected chi connectivity index (χ1v) is 6.40. The van der Waals surface area contributed by atoms with E-state index >= 15 is 0 Å². The molecule has 3 N–H and O–H groups in total. The molecule has 1 saturated heterocycles. The second kappa shape index (κ2) is 5.64. The van der Waals surface area contributed by atoms with Crippen molar-refractivity contribution in [3.8, 4) is 0 Å². The van der Waals surface area contributed by atoms with Crippen molar-refractivity contribution in [2.45, 2.75) is 38.1 Å². The van der Waals surface area contributed by atoms with Crippen LogP contribution in [0, 0.1) is 11.8 Å². The normalized spacial score (nSPS) is 30.8. The van der Waals surface area contributed by atoms with Crippen molar-refractivity contribution in [3.63, 3.8) is 0 Å². The highest BCUT2D eigenvalue weighted by molar-refractivity contribution is 5.76. The molecule has 1 heterocycles. The van der Waals surface area contributed by atoms with Gasteiger partial charge in [0.2, 0.25) is 5.91 Å². The molecule has 0 spiro atoms. The van der Waals surface area contributed by atoms with Crippen LogP contribution >= 0.6 is 0 Å². The minimum atomic E-state index is 0.164. The third-order valence-corrected chi connectivity index (χ3v) is 3.83. The molecule has 92 valence electrons. The highest BCUT2D eigenvalue weighted by Crippen LogP contribution is 2.24. The molecule has 1 amide bonds. The zero-order valence-corrected chi connectivity index (χ0v) is 9.74. The maximum absolute atomic E-state index is 11.8. The number of hydrogen-bond donors (Lipinski definition) is 3. The van der Waals surface area contributed by atoms with Gasteiger partial charge in [-0.05, 0) is 31.8 Å². The summed E-state index contributed by atoms with van der Waals surface area (Å²) in [6.07, 6.45) is 5.07. The first-order chi connectivity index (χ1) is 7.79. The van der Waals surface area contributed by atoms with Crippen LogP contribution in [-0.4, -0.2) is 36.8 Å². The van der Waals surface area contributed by atoms with Gasteiger partial charge in [0.05, 0.1) is 0 Å². The molecular formula is C12H22N2O2. The third-order valence-electron chi connectivity index (χ3n) is 3.83. The van der Waals surface area contributed by atoms with Crippen LogP contribution < -0.4 is 10.6 Å². The molecular weight excluding hydrogens is 204 g/mol. The molecule has 2 atom stereocenters. The van der Waals surface area contributed by atoms with Crippen LogP contribution in [0.3, 0.4) is 0 Å². The number of carbonyl (C=O) groups is 1. The summed E-state index contributed by atoms with van der Waals surface area (Å²) in [7, 11) is 0. The molecule has 1 aliphatic heterocycles. The van der Waals surface area contributed by atoms with Crippen molar-refractivity contribution in [1.82, 2.24) is 10.6 Å². The molecule has 2 aliphatic rings. The highest BCUT2D eigenvalue weighted by Gasteiger charge is 2.27. The van der Waals surface area contributed by atoms with Gasteiger partial charge in [0.25, 0.3) is 0 Å². The van der Waals surface area contributed by atoms with Crippen molar-refractivity contribution in [2.24, 2.45) is 11.8 Å². The minimum absolute atomic E-state index is 0.164. The highest BCUT2D eigenvalue weighted by atomic mass is 16.3. The van der Waals surface area contributed by atoms with Gasteiger partial charge in [0.1, 0.15) is 0 Å². The molecule has 1 aliphatic carbocycles. The van der Waals surface area contributed by atoms with Crippen LogP contribution in [-0.2, 0) is 4.79 Å². The van der Waals surface area contributed by atoms with Crippen molar-refractivity contribution in [2.75, 3.05) is 19.7 Å². The Hall–Kier alpha value is -0.610. The summed E-state index contributed by atoms with van der Waals surface area (Å²) in [5.41, 5.74) is 0. The standard InChI is InChI=1S/C12H22N2O2/c15-8-10-3-1-2-4-11(10)14-12(16)5-9-6-13-7-9/h9-11,13,15H,1-8H2,(H,14,16). The monoisotopic (exact) mass is 226 g/mol. The van der Waals surface area contributed by atoms with Gasteiger partial charge in [-0.2, -0.15) is 0 Å². The number of nitrogens with one attached hydrogen (secondary N) is 2. The summed E-state index contributed by atoms with van der Waals surface area (Å²) in [4.78, 5) is 11.8. The zero-order chi connectivity index (χ0) is 11.4. The molecule has 0 aromatic heterocycles. The SMILES string of the molecule is O=C(CC1CNC1)NC1CCCCC1CO. The van der Waals surface area contributed by atoms with Gasteiger partial charge >= 0.3 is 0 Å². The summed E-state index contributed by atoms with van der Waals surface area (Å²) in [6, 6.07) is 0.208. The Morgan fingerprint density at radius 2 is 2.06 bits per heavy atom. The maximum Gasteiger partial charge on any atom is 0.220 e. The predicted molar refractivity (Wildman–Crippen MR) is 62.0 cm³/mol. The molecule has 0 bridgehead atoms. The van der Waals surface area contributed by atoms with Crippen molar-refractivity contribution in [1.29, 1.82) is 0 Å². The molecule has 16 heavy (non-hydrogen) atoms. The zero-order valence-electron chi connectivity index (χ0n) is 9.74. The van der Waals surface area contributed by atoms with Crippen molar-refractivity contribution < 1.29 is 9.90 Å². The molecule has 2 rings (SSSR count). The van der Waals surface area contributed by atoms with E-state index in [2.05, 4.69) is 10.6 Å². The van der Waals surface area contributed by atoms with E-state index in [0.717, 1.165) is 25.9 Å². The predicted octanol–water partition coefficient (Wildman–Crippen LogP) is 0.263. The fraction of sp³-hybridized carbons (Fsp3) is 0.917. The minimum Gasteiger partial charge on any atom is -0.396 e. The lowest BCUT2D eigenvalue weighted by Crippen LogP contribution is -2.48. The van der Waals surface area contributed by atoms with Crippen LogP contribution in [0.4, 0.5) is 0 Å².